The first-order valence-electron chi connectivity index (χ1n) is 11.9. The Morgan fingerprint density at radius 1 is 0.964 bits per heavy atom. The van der Waals surface area contributed by atoms with E-state index >= 15 is 0 Å². The van der Waals surface area contributed by atoms with E-state index in [-0.39, 0.29) is 5.41 Å². The highest BCUT2D eigenvalue weighted by atomic mass is 15.4. The number of para-hydroxylation sites is 1. The van der Waals surface area contributed by atoms with Gasteiger partial charge in [0.05, 0.1) is 11.1 Å². The van der Waals surface area contributed by atoms with Crippen molar-refractivity contribution in [3.8, 4) is 0 Å². The van der Waals surface area contributed by atoms with Crippen LogP contribution in [-0.4, -0.2) is 11.1 Å². The van der Waals surface area contributed by atoms with E-state index in [1.807, 2.05) is 18.2 Å². The van der Waals surface area contributed by atoms with Crippen LogP contribution in [0.4, 0.5) is 5.69 Å². The van der Waals surface area contributed by atoms with Crippen molar-refractivity contribution in [2.75, 3.05) is 4.90 Å². The SMILES string of the molecule is [2H]C([2H])([2H])C1N2C=CC(c3ccccc3)(C3CCCC3)C2=C(C)N1c1ccccc1C. The topological polar surface area (TPSA) is 6.48 Å². The number of nitrogens with zero attached hydrogens (tertiary/aromatic N) is 2. The lowest BCUT2D eigenvalue weighted by molar-refractivity contribution is 0.321. The van der Waals surface area contributed by atoms with E-state index in [1.165, 1.54) is 31.2 Å². The molecule has 0 bridgehead atoms. The number of aryl methyl sites for hydroxylation is 1. The first-order chi connectivity index (χ1) is 14.9. The summed E-state index contributed by atoms with van der Waals surface area (Å²) in [5.74, 6) is 0.482. The lowest BCUT2D eigenvalue weighted by atomic mass is 9.67. The highest BCUT2D eigenvalue weighted by Crippen LogP contribution is 2.56. The van der Waals surface area contributed by atoms with Crippen LogP contribution in [0.2, 0.25) is 0 Å². The Hall–Kier alpha value is -2.48. The lowest BCUT2D eigenvalue weighted by Crippen LogP contribution is -2.37. The van der Waals surface area contributed by atoms with Crippen molar-refractivity contribution in [2.45, 2.75) is 58.0 Å². The second-order valence-electron chi connectivity index (χ2n) is 8.40. The van der Waals surface area contributed by atoms with Gasteiger partial charge < -0.3 is 9.80 Å². The zero-order valence-corrected chi connectivity index (χ0v) is 16.7. The maximum atomic E-state index is 8.45. The molecule has 3 aliphatic rings. The normalized spacial score (nSPS) is 29.2. The molecule has 144 valence electrons. The van der Waals surface area contributed by atoms with E-state index in [0.29, 0.717) is 5.92 Å². The fourth-order valence-corrected chi connectivity index (χ4v) is 5.72. The van der Waals surface area contributed by atoms with Gasteiger partial charge in [0.25, 0.3) is 0 Å². The summed E-state index contributed by atoms with van der Waals surface area (Å²) in [6.45, 7) is 2.02. The third kappa shape index (κ3) is 2.33. The van der Waals surface area contributed by atoms with Gasteiger partial charge in [-0.15, -0.1) is 0 Å². The van der Waals surface area contributed by atoms with Gasteiger partial charge in [-0.25, -0.2) is 0 Å². The van der Waals surface area contributed by atoms with E-state index in [0.717, 1.165) is 22.6 Å². The van der Waals surface area contributed by atoms with Crippen LogP contribution in [0.1, 0.15) is 54.7 Å². The predicted octanol–water partition coefficient (Wildman–Crippen LogP) is 6.35. The summed E-state index contributed by atoms with van der Waals surface area (Å²) < 4.78 is 25.4. The molecule has 2 unspecified atom stereocenters. The van der Waals surface area contributed by atoms with Crippen LogP contribution >= 0.6 is 0 Å². The van der Waals surface area contributed by atoms with Crippen LogP contribution < -0.4 is 4.90 Å². The van der Waals surface area contributed by atoms with Gasteiger partial charge in [-0.05, 0) is 56.7 Å². The van der Waals surface area contributed by atoms with Gasteiger partial charge in [-0.2, -0.15) is 0 Å². The molecule has 0 N–H and O–H groups in total. The standard InChI is InChI=1S/C26H30N2/c1-19-11-7-10-16-24(19)28-20(2)25-26(23-14-8-9-15-23,17-18-27(25)21(28)3)22-12-5-4-6-13-22/h4-7,10-13,16-18,21,23H,8-9,14-15H2,1-3H3/i3D3. The number of anilines is 1. The van der Waals surface area contributed by atoms with Gasteiger partial charge in [-0.3, -0.25) is 0 Å². The highest BCUT2D eigenvalue weighted by molar-refractivity contribution is 5.64. The summed E-state index contributed by atoms with van der Waals surface area (Å²) in [5, 5.41) is 0. The minimum absolute atomic E-state index is 0.275. The smallest absolute Gasteiger partial charge is 0.107 e. The average molecular weight is 374 g/mol. The molecule has 1 fully saturated rings. The number of hydrogen-bond donors (Lipinski definition) is 0. The van der Waals surface area contributed by atoms with Crippen LogP contribution in [0, 0.1) is 12.8 Å². The van der Waals surface area contributed by atoms with Crippen molar-refractivity contribution in [3.05, 3.63) is 89.4 Å². The van der Waals surface area contributed by atoms with Crippen molar-refractivity contribution < 1.29 is 4.11 Å². The molecule has 1 saturated carbocycles. The molecule has 2 aromatic rings. The summed E-state index contributed by atoms with van der Waals surface area (Å²) >= 11 is 0. The van der Waals surface area contributed by atoms with Crippen LogP contribution in [0.15, 0.2) is 78.3 Å². The monoisotopic (exact) mass is 373 g/mol. The third-order valence-corrected chi connectivity index (χ3v) is 6.99. The molecule has 0 spiro atoms. The van der Waals surface area contributed by atoms with Crippen LogP contribution in [0.3, 0.4) is 0 Å². The molecule has 2 aliphatic heterocycles. The number of hydrogen-bond acceptors (Lipinski definition) is 2. The molecule has 1 aliphatic carbocycles. The lowest BCUT2D eigenvalue weighted by Gasteiger charge is -2.37. The van der Waals surface area contributed by atoms with E-state index in [4.69, 9.17) is 4.11 Å². The van der Waals surface area contributed by atoms with Gasteiger partial charge in [0.15, 0.2) is 0 Å². The molecule has 2 atom stereocenters. The van der Waals surface area contributed by atoms with Crippen molar-refractivity contribution in [1.29, 1.82) is 0 Å². The molecule has 0 saturated heterocycles. The Balaban J connectivity index is 1.75. The van der Waals surface area contributed by atoms with Crippen LogP contribution in [0.25, 0.3) is 0 Å². The molecule has 2 heterocycles. The van der Waals surface area contributed by atoms with E-state index in [1.54, 1.807) is 0 Å². The molecular formula is C26H30N2. The molecule has 2 nitrogen and oxygen atoms in total. The number of fused-ring (bicyclic) bond motifs is 1. The van der Waals surface area contributed by atoms with Crippen molar-refractivity contribution in [1.82, 2.24) is 4.90 Å². The second kappa shape index (κ2) is 6.55. The van der Waals surface area contributed by atoms with E-state index < -0.39 is 13.0 Å². The summed E-state index contributed by atoms with van der Waals surface area (Å²) in [6.07, 6.45) is 8.45. The van der Waals surface area contributed by atoms with Crippen LogP contribution in [0.5, 0.6) is 0 Å². The molecule has 2 aromatic carbocycles. The molecule has 0 amide bonds. The Bertz CT molecular complexity index is 1030. The first-order valence-corrected chi connectivity index (χ1v) is 10.4. The second-order valence-corrected chi connectivity index (χ2v) is 8.40. The Morgan fingerprint density at radius 2 is 1.68 bits per heavy atom. The number of benzene rings is 2. The summed E-state index contributed by atoms with van der Waals surface area (Å²) in [6, 6.07) is 18.8. The molecule has 0 radical (unpaired) electrons. The molecule has 28 heavy (non-hydrogen) atoms. The van der Waals surface area contributed by atoms with Crippen molar-refractivity contribution in [3.63, 3.8) is 0 Å². The maximum Gasteiger partial charge on any atom is 0.107 e. The van der Waals surface area contributed by atoms with Gasteiger partial charge in [0.2, 0.25) is 0 Å². The van der Waals surface area contributed by atoms with Gasteiger partial charge in [0.1, 0.15) is 6.17 Å². The van der Waals surface area contributed by atoms with Crippen LogP contribution in [-0.2, 0) is 5.41 Å². The molecule has 0 aromatic heterocycles. The molecular weight excluding hydrogens is 340 g/mol. The van der Waals surface area contributed by atoms with Gasteiger partial charge in [0, 0.05) is 21.7 Å². The number of rotatable bonds is 3. The van der Waals surface area contributed by atoms with Gasteiger partial charge in [-0.1, -0.05) is 67.4 Å². The summed E-state index contributed by atoms with van der Waals surface area (Å²) in [7, 11) is 0. The Kier molecular flexibility index (Phi) is 3.39. The predicted molar refractivity (Wildman–Crippen MR) is 117 cm³/mol. The third-order valence-electron chi connectivity index (χ3n) is 6.99. The first kappa shape index (κ1) is 14.5. The average Bonchev–Trinajstić information content (AvgIpc) is 3.46. The van der Waals surface area contributed by atoms with Gasteiger partial charge >= 0.3 is 0 Å². The Morgan fingerprint density at radius 3 is 2.39 bits per heavy atom. The van der Waals surface area contributed by atoms with Crippen molar-refractivity contribution >= 4 is 5.69 Å². The van der Waals surface area contributed by atoms with E-state index in [9.17, 15) is 0 Å². The molecule has 5 rings (SSSR count). The summed E-state index contributed by atoms with van der Waals surface area (Å²) in [5.41, 5.74) is 5.26. The fourth-order valence-electron chi connectivity index (χ4n) is 5.72. The number of allylic oxidation sites excluding steroid dienone is 2. The maximum absolute atomic E-state index is 8.45. The minimum atomic E-state index is -2.15. The zero-order valence-electron chi connectivity index (χ0n) is 19.7. The molecule has 2 heteroatoms. The zero-order chi connectivity index (χ0) is 21.8. The quantitative estimate of drug-likeness (QED) is 0.618. The Labute approximate surface area is 173 Å². The minimum Gasteiger partial charge on any atom is -0.328 e. The van der Waals surface area contributed by atoms with Crippen molar-refractivity contribution in [2.24, 2.45) is 5.92 Å². The highest BCUT2D eigenvalue weighted by Gasteiger charge is 2.53. The largest absolute Gasteiger partial charge is 0.328 e. The van der Waals surface area contributed by atoms with E-state index in [2.05, 4.69) is 72.3 Å². The fraction of sp³-hybridized carbons (Fsp3) is 0.385. The summed E-state index contributed by atoms with van der Waals surface area (Å²) in [4.78, 5) is 4.12.